The third-order valence-corrected chi connectivity index (χ3v) is 5.04. The van der Waals surface area contributed by atoms with Crippen molar-refractivity contribution in [3.8, 4) is 0 Å². The van der Waals surface area contributed by atoms with Crippen LogP contribution < -0.4 is 5.32 Å². The van der Waals surface area contributed by atoms with Crippen LogP contribution in [0, 0.1) is 0 Å². The number of benzene rings is 1. The van der Waals surface area contributed by atoms with Gasteiger partial charge in [-0.05, 0) is 30.5 Å². The quantitative estimate of drug-likeness (QED) is 0.677. The van der Waals surface area contributed by atoms with Crippen LogP contribution in [0.15, 0.2) is 24.3 Å². The van der Waals surface area contributed by atoms with Crippen molar-refractivity contribution in [3.05, 3.63) is 35.4 Å². The molecule has 0 aliphatic heterocycles. The van der Waals surface area contributed by atoms with Crippen molar-refractivity contribution in [2.24, 2.45) is 0 Å². The smallest absolute Gasteiger partial charge is 0.380 e. The van der Waals surface area contributed by atoms with Gasteiger partial charge in [0.1, 0.15) is 0 Å². The molecule has 0 saturated heterocycles. The summed E-state index contributed by atoms with van der Waals surface area (Å²) in [6.45, 7) is -0.145. The van der Waals surface area contributed by atoms with Crippen LogP contribution in [0.1, 0.15) is 43.2 Å². The number of hydrogen-bond donors (Lipinski definition) is 3. The Balaban J connectivity index is 1.87. The Bertz CT molecular complexity index is 673. The Labute approximate surface area is 161 Å². The number of rotatable bonds is 6. The zero-order chi connectivity index (χ0) is 20.9. The molecule has 0 unspecified atom stereocenters. The average molecular weight is 402 g/mol. The predicted octanol–water partition coefficient (Wildman–Crippen LogP) is 1.83. The van der Waals surface area contributed by atoms with Gasteiger partial charge in [-0.1, -0.05) is 31.4 Å². The molecule has 0 bridgehead atoms. The molecule has 1 saturated carbocycles. The Hall–Kier alpha value is -2.13. The summed E-state index contributed by atoms with van der Waals surface area (Å²) in [6.07, 6.45) is -3.64. The standard InChI is InChI=1S/C19H25F3N2O4/c1-24(14-5-3-2-4-6-14)18(28)16(26)15(25)17(27)23-11-12-7-9-13(10-8-12)19(20,21)22/h7-10,14-16,25-26H,2-6,11H2,1H3,(H,23,27)/t15-,16-/m1/s1. The summed E-state index contributed by atoms with van der Waals surface area (Å²) in [7, 11) is 1.54. The van der Waals surface area contributed by atoms with Gasteiger partial charge in [0.2, 0.25) is 0 Å². The monoisotopic (exact) mass is 402 g/mol. The Morgan fingerprint density at radius 3 is 2.21 bits per heavy atom. The molecule has 1 aromatic carbocycles. The Morgan fingerprint density at radius 1 is 1.11 bits per heavy atom. The SMILES string of the molecule is CN(C(=O)[C@H](O)[C@@H](O)C(=O)NCc1ccc(C(F)(F)F)cc1)C1CCCCC1. The number of aliphatic hydroxyl groups excluding tert-OH is 2. The van der Waals surface area contributed by atoms with E-state index in [0.717, 1.165) is 44.2 Å². The maximum atomic E-state index is 12.5. The van der Waals surface area contributed by atoms with Crippen LogP contribution in [0.25, 0.3) is 0 Å². The molecular weight excluding hydrogens is 377 g/mol. The van der Waals surface area contributed by atoms with Crippen molar-refractivity contribution in [3.63, 3.8) is 0 Å². The molecule has 28 heavy (non-hydrogen) atoms. The second-order valence-electron chi connectivity index (χ2n) is 7.04. The van der Waals surface area contributed by atoms with E-state index in [1.54, 1.807) is 0 Å². The zero-order valence-electron chi connectivity index (χ0n) is 15.6. The number of aliphatic hydroxyl groups is 2. The van der Waals surface area contributed by atoms with E-state index in [1.807, 2.05) is 0 Å². The third kappa shape index (κ3) is 5.68. The molecule has 0 aromatic heterocycles. The number of carbonyl (C=O) groups is 2. The van der Waals surface area contributed by atoms with Crippen LogP contribution in [0.5, 0.6) is 0 Å². The molecule has 3 N–H and O–H groups in total. The topological polar surface area (TPSA) is 89.9 Å². The van der Waals surface area contributed by atoms with Gasteiger partial charge in [-0.2, -0.15) is 13.2 Å². The van der Waals surface area contributed by atoms with Gasteiger partial charge in [0.15, 0.2) is 12.2 Å². The minimum atomic E-state index is -4.45. The van der Waals surface area contributed by atoms with Crippen LogP contribution in [0.3, 0.4) is 0 Å². The summed E-state index contributed by atoms with van der Waals surface area (Å²) < 4.78 is 37.6. The summed E-state index contributed by atoms with van der Waals surface area (Å²) in [5.74, 6) is -1.71. The molecule has 0 radical (unpaired) electrons. The number of likely N-dealkylation sites (N-methyl/N-ethyl adjacent to an activating group) is 1. The van der Waals surface area contributed by atoms with Crippen molar-refractivity contribution >= 4 is 11.8 Å². The van der Waals surface area contributed by atoms with E-state index in [9.17, 15) is 33.0 Å². The molecule has 2 amide bonds. The first-order valence-corrected chi connectivity index (χ1v) is 9.18. The predicted molar refractivity (Wildman–Crippen MR) is 94.9 cm³/mol. The first-order chi connectivity index (χ1) is 13.1. The van der Waals surface area contributed by atoms with E-state index in [4.69, 9.17) is 0 Å². The normalized spacial score (nSPS) is 17.6. The summed E-state index contributed by atoms with van der Waals surface area (Å²) in [5.41, 5.74) is -0.428. The highest BCUT2D eigenvalue weighted by Gasteiger charge is 2.35. The highest BCUT2D eigenvalue weighted by molar-refractivity contribution is 5.90. The van der Waals surface area contributed by atoms with Crippen LogP contribution in [-0.2, 0) is 22.3 Å². The average Bonchev–Trinajstić information content (AvgIpc) is 2.70. The van der Waals surface area contributed by atoms with E-state index in [-0.39, 0.29) is 12.6 Å². The Morgan fingerprint density at radius 2 is 1.68 bits per heavy atom. The van der Waals surface area contributed by atoms with E-state index >= 15 is 0 Å². The molecule has 1 aliphatic rings. The fraction of sp³-hybridized carbons (Fsp3) is 0.579. The minimum absolute atomic E-state index is 0.0293. The van der Waals surface area contributed by atoms with Crippen LogP contribution >= 0.6 is 0 Å². The first kappa shape index (κ1) is 22.2. The summed E-state index contributed by atoms with van der Waals surface area (Å²) in [5, 5.41) is 22.3. The zero-order valence-corrected chi connectivity index (χ0v) is 15.6. The number of nitrogens with one attached hydrogen (secondary N) is 1. The van der Waals surface area contributed by atoms with Crippen molar-refractivity contribution < 1.29 is 33.0 Å². The number of hydrogen-bond acceptors (Lipinski definition) is 4. The second-order valence-corrected chi connectivity index (χ2v) is 7.04. The molecule has 2 rings (SSSR count). The molecule has 156 valence electrons. The van der Waals surface area contributed by atoms with Crippen molar-refractivity contribution in [2.45, 2.75) is 63.1 Å². The van der Waals surface area contributed by atoms with Crippen LogP contribution in [0.4, 0.5) is 13.2 Å². The van der Waals surface area contributed by atoms with Gasteiger partial charge in [0.25, 0.3) is 11.8 Å². The number of alkyl halides is 3. The second kappa shape index (κ2) is 9.38. The van der Waals surface area contributed by atoms with Gasteiger partial charge < -0.3 is 20.4 Å². The highest BCUT2D eigenvalue weighted by Crippen LogP contribution is 2.29. The number of carbonyl (C=O) groups excluding carboxylic acids is 2. The molecule has 1 aromatic rings. The molecule has 0 heterocycles. The molecule has 6 nitrogen and oxygen atoms in total. The largest absolute Gasteiger partial charge is 0.416 e. The maximum absolute atomic E-state index is 12.5. The van der Waals surface area contributed by atoms with Gasteiger partial charge >= 0.3 is 6.18 Å². The van der Waals surface area contributed by atoms with Gasteiger partial charge in [-0.3, -0.25) is 9.59 Å². The van der Waals surface area contributed by atoms with Gasteiger partial charge in [0.05, 0.1) is 5.56 Å². The number of nitrogens with zero attached hydrogens (tertiary/aromatic N) is 1. The lowest BCUT2D eigenvalue weighted by molar-refractivity contribution is -0.154. The molecule has 1 aliphatic carbocycles. The van der Waals surface area contributed by atoms with Crippen molar-refractivity contribution in [1.82, 2.24) is 10.2 Å². The summed E-state index contributed by atoms with van der Waals surface area (Å²) in [4.78, 5) is 25.7. The van der Waals surface area contributed by atoms with Crippen molar-refractivity contribution in [2.75, 3.05) is 7.05 Å². The van der Waals surface area contributed by atoms with E-state index in [0.29, 0.717) is 5.56 Å². The lowest BCUT2D eigenvalue weighted by Crippen LogP contribution is -2.52. The third-order valence-electron chi connectivity index (χ3n) is 5.04. The molecule has 0 spiro atoms. The lowest BCUT2D eigenvalue weighted by Gasteiger charge is -2.33. The van der Waals surface area contributed by atoms with E-state index in [2.05, 4.69) is 5.32 Å². The maximum Gasteiger partial charge on any atom is 0.416 e. The number of halogens is 3. The molecule has 2 atom stereocenters. The van der Waals surface area contributed by atoms with Gasteiger partial charge in [0, 0.05) is 19.6 Å². The van der Waals surface area contributed by atoms with Gasteiger partial charge in [-0.25, -0.2) is 0 Å². The fourth-order valence-electron chi connectivity index (χ4n) is 3.24. The highest BCUT2D eigenvalue weighted by atomic mass is 19.4. The van der Waals surface area contributed by atoms with Gasteiger partial charge in [-0.15, -0.1) is 0 Å². The molecule has 9 heteroatoms. The summed E-state index contributed by atoms with van der Waals surface area (Å²) >= 11 is 0. The molecular formula is C19H25F3N2O4. The first-order valence-electron chi connectivity index (χ1n) is 9.18. The van der Waals surface area contributed by atoms with E-state index in [1.165, 1.54) is 24.1 Å². The molecule has 1 fully saturated rings. The van der Waals surface area contributed by atoms with Crippen LogP contribution in [-0.4, -0.2) is 52.2 Å². The Kier molecular flexibility index (Phi) is 7.42. The fourth-order valence-corrected chi connectivity index (χ4v) is 3.24. The van der Waals surface area contributed by atoms with E-state index < -0.39 is 35.8 Å². The minimum Gasteiger partial charge on any atom is -0.380 e. The lowest BCUT2D eigenvalue weighted by atomic mass is 9.94. The van der Waals surface area contributed by atoms with Crippen LogP contribution in [0.2, 0.25) is 0 Å². The summed E-state index contributed by atoms with van der Waals surface area (Å²) in [6, 6.07) is 4.14. The van der Waals surface area contributed by atoms with Crippen molar-refractivity contribution in [1.29, 1.82) is 0 Å². The number of amides is 2.